The summed E-state index contributed by atoms with van der Waals surface area (Å²) in [7, 11) is 0. The summed E-state index contributed by atoms with van der Waals surface area (Å²) >= 11 is 0. The van der Waals surface area contributed by atoms with E-state index in [1.54, 1.807) is 0 Å². The molecule has 1 amide bonds. The number of ether oxygens (including phenoxy) is 1. The lowest BCUT2D eigenvalue weighted by Crippen LogP contribution is -2.39. The molecule has 0 bridgehead atoms. The second-order valence-corrected chi connectivity index (χ2v) is 6.69. The topological polar surface area (TPSA) is 89.3 Å². The van der Waals surface area contributed by atoms with Crippen LogP contribution in [-0.2, 0) is 11.2 Å². The number of nitrogens with zero attached hydrogens (tertiary/aromatic N) is 2. The lowest BCUT2D eigenvalue weighted by Gasteiger charge is -2.24. The second-order valence-electron chi connectivity index (χ2n) is 6.69. The minimum atomic E-state index is -0.472. The quantitative estimate of drug-likeness (QED) is 0.714. The Labute approximate surface area is 132 Å². The summed E-state index contributed by atoms with van der Waals surface area (Å²) in [4.78, 5) is 15.7. The maximum absolute atomic E-state index is 11.7. The van der Waals surface area contributed by atoms with Gasteiger partial charge in [0.1, 0.15) is 5.60 Å². The van der Waals surface area contributed by atoms with Crippen molar-refractivity contribution in [2.75, 3.05) is 19.6 Å². The smallest absolute Gasteiger partial charge is 0.407 e. The fourth-order valence-corrected chi connectivity index (χ4v) is 1.86. The van der Waals surface area contributed by atoms with E-state index >= 15 is 0 Å². The summed E-state index contributed by atoms with van der Waals surface area (Å²) < 4.78 is 9.93. The number of carbonyl (C=O) groups excluding carboxylic acids is 1. The van der Waals surface area contributed by atoms with Crippen LogP contribution < -0.4 is 10.6 Å². The van der Waals surface area contributed by atoms with Crippen LogP contribution in [0.5, 0.6) is 0 Å². The number of aromatic nitrogens is 2. The van der Waals surface area contributed by atoms with Gasteiger partial charge in [-0.15, -0.1) is 0 Å². The van der Waals surface area contributed by atoms with Gasteiger partial charge in [-0.1, -0.05) is 19.0 Å². The van der Waals surface area contributed by atoms with Gasteiger partial charge in [0.05, 0.1) is 0 Å². The zero-order valence-corrected chi connectivity index (χ0v) is 14.2. The predicted molar refractivity (Wildman–Crippen MR) is 83.4 cm³/mol. The summed E-state index contributed by atoms with van der Waals surface area (Å²) in [5.74, 6) is 1.48. The number of hydrogen-bond donors (Lipinski definition) is 2. The summed E-state index contributed by atoms with van der Waals surface area (Å²) in [6.07, 6.45) is 1.68. The Morgan fingerprint density at radius 2 is 2.09 bits per heavy atom. The van der Waals surface area contributed by atoms with E-state index in [-0.39, 0.29) is 6.09 Å². The van der Waals surface area contributed by atoms with Gasteiger partial charge in [-0.2, -0.15) is 4.98 Å². The third-order valence-corrected chi connectivity index (χ3v) is 3.19. The first-order valence-corrected chi connectivity index (χ1v) is 7.70. The van der Waals surface area contributed by atoms with Gasteiger partial charge in [-0.05, 0) is 39.2 Å². The molecule has 7 heteroatoms. The highest BCUT2D eigenvalue weighted by Crippen LogP contribution is 2.10. The second kappa shape index (κ2) is 8.73. The zero-order chi connectivity index (χ0) is 16.6. The maximum atomic E-state index is 11.7. The minimum Gasteiger partial charge on any atom is -0.444 e. The van der Waals surface area contributed by atoms with Crippen LogP contribution in [0.25, 0.3) is 0 Å². The monoisotopic (exact) mass is 312 g/mol. The number of carbonyl (C=O) groups is 1. The third kappa shape index (κ3) is 7.97. The summed E-state index contributed by atoms with van der Waals surface area (Å²) in [6.45, 7) is 12.0. The standard InChI is InChI=1S/C15H28N4O3/c1-11(2)12(9-17-14(20)22-15(3,4)5)8-16-7-6-13-18-10-21-19-13/h10-12,16H,6-9H2,1-5H3,(H,17,20). The van der Waals surface area contributed by atoms with Crippen LogP contribution in [0.4, 0.5) is 4.79 Å². The van der Waals surface area contributed by atoms with E-state index in [1.807, 2.05) is 20.8 Å². The average molecular weight is 312 g/mol. The summed E-state index contributed by atoms with van der Waals surface area (Å²) in [6, 6.07) is 0. The molecule has 0 spiro atoms. The molecule has 0 saturated heterocycles. The Kier molecular flexibility index (Phi) is 7.31. The van der Waals surface area contributed by atoms with Crippen LogP contribution >= 0.6 is 0 Å². The van der Waals surface area contributed by atoms with Gasteiger partial charge in [0, 0.05) is 19.5 Å². The molecule has 0 aliphatic rings. The SMILES string of the molecule is CC(C)C(CNCCc1ncon1)CNC(=O)OC(C)(C)C. The van der Waals surface area contributed by atoms with Gasteiger partial charge >= 0.3 is 6.09 Å². The zero-order valence-electron chi connectivity index (χ0n) is 14.2. The first-order chi connectivity index (χ1) is 10.3. The Balaban J connectivity index is 2.25. The van der Waals surface area contributed by atoms with Gasteiger partial charge in [-0.25, -0.2) is 4.79 Å². The number of nitrogens with one attached hydrogen (secondary N) is 2. The molecule has 1 aromatic heterocycles. The van der Waals surface area contributed by atoms with Gasteiger partial charge in [-0.3, -0.25) is 0 Å². The molecule has 2 N–H and O–H groups in total. The highest BCUT2D eigenvalue weighted by atomic mass is 16.6. The molecule has 22 heavy (non-hydrogen) atoms. The molecule has 0 saturated carbocycles. The van der Waals surface area contributed by atoms with Crippen molar-refractivity contribution in [1.29, 1.82) is 0 Å². The molecule has 1 heterocycles. The van der Waals surface area contributed by atoms with Crippen LogP contribution in [-0.4, -0.2) is 41.5 Å². The molecule has 0 fully saturated rings. The summed E-state index contributed by atoms with van der Waals surface area (Å²) in [5, 5.41) is 9.96. The molecule has 0 radical (unpaired) electrons. The Hall–Kier alpha value is -1.63. The van der Waals surface area contributed by atoms with E-state index in [0.29, 0.717) is 24.2 Å². The Morgan fingerprint density at radius 3 is 2.64 bits per heavy atom. The number of rotatable bonds is 8. The first kappa shape index (κ1) is 18.4. The van der Waals surface area contributed by atoms with E-state index in [1.165, 1.54) is 6.39 Å². The van der Waals surface area contributed by atoms with Crippen LogP contribution in [0.3, 0.4) is 0 Å². The van der Waals surface area contributed by atoms with E-state index < -0.39 is 5.60 Å². The highest BCUT2D eigenvalue weighted by Gasteiger charge is 2.18. The van der Waals surface area contributed by atoms with E-state index in [9.17, 15) is 4.79 Å². The van der Waals surface area contributed by atoms with Crippen LogP contribution in [0.2, 0.25) is 0 Å². The molecule has 1 rings (SSSR count). The van der Waals surface area contributed by atoms with E-state index in [4.69, 9.17) is 4.74 Å². The number of hydrogen-bond acceptors (Lipinski definition) is 6. The van der Waals surface area contributed by atoms with Gasteiger partial charge < -0.3 is 19.9 Å². The first-order valence-electron chi connectivity index (χ1n) is 7.70. The fraction of sp³-hybridized carbons (Fsp3) is 0.800. The van der Waals surface area contributed by atoms with Crippen LogP contribution in [0, 0.1) is 11.8 Å². The van der Waals surface area contributed by atoms with Crippen molar-refractivity contribution in [3.8, 4) is 0 Å². The minimum absolute atomic E-state index is 0.331. The molecule has 1 unspecified atom stereocenters. The highest BCUT2D eigenvalue weighted by molar-refractivity contribution is 5.67. The van der Waals surface area contributed by atoms with Crippen LogP contribution in [0.1, 0.15) is 40.4 Å². The van der Waals surface area contributed by atoms with Crippen molar-refractivity contribution >= 4 is 6.09 Å². The Morgan fingerprint density at radius 1 is 1.36 bits per heavy atom. The Bertz CT molecular complexity index is 426. The molecule has 0 aliphatic heterocycles. The van der Waals surface area contributed by atoms with Gasteiger partial charge in [0.2, 0.25) is 6.39 Å². The van der Waals surface area contributed by atoms with Crippen molar-refractivity contribution < 1.29 is 14.1 Å². The molecular weight excluding hydrogens is 284 g/mol. The lowest BCUT2D eigenvalue weighted by atomic mass is 9.96. The number of alkyl carbamates (subject to hydrolysis) is 1. The lowest BCUT2D eigenvalue weighted by molar-refractivity contribution is 0.0515. The molecular formula is C15H28N4O3. The van der Waals surface area contributed by atoms with Crippen molar-refractivity contribution in [2.24, 2.45) is 11.8 Å². The van der Waals surface area contributed by atoms with E-state index in [0.717, 1.165) is 19.5 Å². The normalized spacial score (nSPS) is 13.2. The molecule has 126 valence electrons. The van der Waals surface area contributed by atoms with Gasteiger partial charge in [0.15, 0.2) is 5.82 Å². The van der Waals surface area contributed by atoms with E-state index in [2.05, 4.69) is 39.1 Å². The molecule has 1 aromatic rings. The predicted octanol–water partition coefficient (Wildman–Crippen LogP) is 2.00. The van der Waals surface area contributed by atoms with Crippen molar-refractivity contribution in [2.45, 2.75) is 46.6 Å². The number of amides is 1. The molecule has 1 atom stereocenters. The third-order valence-electron chi connectivity index (χ3n) is 3.19. The maximum Gasteiger partial charge on any atom is 0.407 e. The molecule has 0 aliphatic carbocycles. The fourth-order valence-electron chi connectivity index (χ4n) is 1.86. The summed E-state index contributed by atoms with van der Waals surface area (Å²) in [5.41, 5.74) is -0.472. The van der Waals surface area contributed by atoms with Crippen molar-refractivity contribution in [1.82, 2.24) is 20.8 Å². The van der Waals surface area contributed by atoms with Crippen LogP contribution in [0.15, 0.2) is 10.9 Å². The largest absolute Gasteiger partial charge is 0.444 e. The van der Waals surface area contributed by atoms with Crippen molar-refractivity contribution in [3.05, 3.63) is 12.2 Å². The average Bonchev–Trinajstić information content (AvgIpc) is 2.88. The molecule has 0 aromatic carbocycles. The van der Waals surface area contributed by atoms with Gasteiger partial charge in [0.25, 0.3) is 0 Å². The van der Waals surface area contributed by atoms with Crippen molar-refractivity contribution in [3.63, 3.8) is 0 Å². The molecule has 7 nitrogen and oxygen atoms in total.